The lowest BCUT2D eigenvalue weighted by Crippen LogP contribution is -2.21. The first kappa shape index (κ1) is 17.0. The highest BCUT2D eigenvalue weighted by Crippen LogP contribution is 2.40. The number of nitrogens with one attached hydrogen (secondary N) is 1. The Morgan fingerprint density at radius 3 is 2.46 bits per heavy atom. The molecule has 3 rings (SSSR count). The molecule has 2 aromatic rings. The van der Waals surface area contributed by atoms with Crippen molar-refractivity contribution in [3.8, 4) is 11.5 Å². The summed E-state index contributed by atoms with van der Waals surface area (Å²) in [5.41, 5.74) is 3.53. The third-order valence-corrected chi connectivity index (χ3v) is 4.75. The summed E-state index contributed by atoms with van der Waals surface area (Å²) < 4.78 is 12.2. The van der Waals surface area contributed by atoms with E-state index in [4.69, 9.17) is 9.47 Å². The summed E-state index contributed by atoms with van der Waals surface area (Å²) in [6.45, 7) is 8.37. The number of hydrogen-bond acceptors (Lipinski definition) is 4. The van der Waals surface area contributed by atoms with Crippen molar-refractivity contribution in [1.29, 1.82) is 0 Å². The summed E-state index contributed by atoms with van der Waals surface area (Å²) in [7, 11) is 0. The van der Waals surface area contributed by atoms with Gasteiger partial charge in [0.15, 0.2) is 11.5 Å². The summed E-state index contributed by atoms with van der Waals surface area (Å²) in [6.07, 6.45) is 0. The summed E-state index contributed by atoms with van der Waals surface area (Å²) in [4.78, 5) is 2.34. The quantitative estimate of drug-likeness (QED) is 0.776. The van der Waals surface area contributed by atoms with Crippen LogP contribution in [0.3, 0.4) is 0 Å². The van der Waals surface area contributed by atoms with Crippen molar-refractivity contribution >= 4 is 27.3 Å². The summed E-state index contributed by atoms with van der Waals surface area (Å²) >= 11 is 3.55. The van der Waals surface area contributed by atoms with Crippen LogP contribution in [0.2, 0.25) is 0 Å². The number of halogens is 1. The standard InChI is InChI=1S/C19H23BrN2O2/c1-3-22(4-2)16-7-5-14(6-8-16)13-21-15-11-17(20)19-18(12-15)23-9-10-24-19/h5-8,11-12,21H,3-4,9-10,13H2,1-2H3. The van der Waals surface area contributed by atoms with Crippen molar-refractivity contribution in [2.75, 3.05) is 36.5 Å². The van der Waals surface area contributed by atoms with Gasteiger partial charge < -0.3 is 19.7 Å². The van der Waals surface area contributed by atoms with Gasteiger partial charge in [0.05, 0.1) is 4.47 Å². The van der Waals surface area contributed by atoms with E-state index in [1.807, 2.05) is 12.1 Å². The minimum Gasteiger partial charge on any atom is -0.486 e. The third kappa shape index (κ3) is 3.78. The van der Waals surface area contributed by atoms with Gasteiger partial charge in [-0.3, -0.25) is 0 Å². The van der Waals surface area contributed by atoms with Gasteiger partial charge >= 0.3 is 0 Å². The molecular weight excluding hydrogens is 368 g/mol. The van der Waals surface area contributed by atoms with E-state index >= 15 is 0 Å². The highest BCUT2D eigenvalue weighted by Gasteiger charge is 2.16. The number of anilines is 2. The van der Waals surface area contributed by atoms with Crippen molar-refractivity contribution in [2.24, 2.45) is 0 Å². The van der Waals surface area contributed by atoms with Crippen molar-refractivity contribution in [3.05, 3.63) is 46.4 Å². The first-order valence-electron chi connectivity index (χ1n) is 8.38. The lowest BCUT2D eigenvalue weighted by Gasteiger charge is -2.21. The van der Waals surface area contributed by atoms with Crippen LogP contribution in [-0.2, 0) is 6.54 Å². The minimum atomic E-state index is 0.593. The number of rotatable bonds is 6. The fourth-order valence-corrected chi connectivity index (χ4v) is 3.39. The maximum atomic E-state index is 5.66. The monoisotopic (exact) mass is 390 g/mol. The zero-order valence-electron chi connectivity index (χ0n) is 14.1. The Kier molecular flexibility index (Phi) is 5.51. The van der Waals surface area contributed by atoms with Crippen molar-refractivity contribution in [2.45, 2.75) is 20.4 Å². The highest BCUT2D eigenvalue weighted by atomic mass is 79.9. The van der Waals surface area contributed by atoms with Crippen LogP contribution in [0.1, 0.15) is 19.4 Å². The number of hydrogen-bond donors (Lipinski definition) is 1. The van der Waals surface area contributed by atoms with Crippen LogP contribution in [0.25, 0.3) is 0 Å². The molecule has 0 spiro atoms. The molecule has 24 heavy (non-hydrogen) atoms. The molecule has 0 radical (unpaired) electrons. The average molecular weight is 391 g/mol. The molecule has 4 nitrogen and oxygen atoms in total. The van der Waals surface area contributed by atoms with Gasteiger partial charge in [0, 0.05) is 37.1 Å². The zero-order valence-corrected chi connectivity index (χ0v) is 15.7. The predicted octanol–water partition coefficient (Wildman–Crippen LogP) is 4.68. The van der Waals surface area contributed by atoms with Gasteiger partial charge in [0.2, 0.25) is 0 Å². The van der Waals surface area contributed by atoms with Crippen molar-refractivity contribution < 1.29 is 9.47 Å². The Labute approximate surface area is 151 Å². The lowest BCUT2D eigenvalue weighted by atomic mass is 10.2. The van der Waals surface area contributed by atoms with Gasteiger partial charge in [-0.05, 0) is 53.5 Å². The second-order valence-electron chi connectivity index (χ2n) is 5.67. The fraction of sp³-hybridized carbons (Fsp3) is 0.368. The van der Waals surface area contributed by atoms with E-state index in [-0.39, 0.29) is 0 Å². The van der Waals surface area contributed by atoms with E-state index < -0.39 is 0 Å². The van der Waals surface area contributed by atoms with Crippen LogP contribution in [0, 0.1) is 0 Å². The molecule has 0 saturated heterocycles. The normalized spacial score (nSPS) is 12.8. The van der Waals surface area contributed by atoms with Gasteiger partial charge in [-0.25, -0.2) is 0 Å². The summed E-state index contributed by atoms with van der Waals surface area (Å²) in [6, 6.07) is 12.7. The maximum Gasteiger partial charge on any atom is 0.175 e. The van der Waals surface area contributed by atoms with E-state index in [9.17, 15) is 0 Å². The van der Waals surface area contributed by atoms with Crippen molar-refractivity contribution in [1.82, 2.24) is 0 Å². The molecule has 0 amide bonds. The molecule has 0 atom stereocenters. The van der Waals surface area contributed by atoms with E-state index in [2.05, 4.69) is 64.3 Å². The van der Waals surface area contributed by atoms with Crippen LogP contribution in [0.4, 0.5) is 11.4 Å². The minimum absolute atomic E-state index is 0.593. The smallest absolute Gasteiger partial charge is 0.175 e. The molecule has 0 fully saturated rings. The number of nitrogens with zero attached hydrogens (tertiary/aromatic N) is 1. The molecule has 1 aliphatic rings. The molecule has 1 N–H and O–H groups in total. The fourth-order valence-electron chi connectivity index (χ4n) is 2.83. The van der Waals surface area contributed by atoms with Gasteiger partial charge in [0.1, 0.15) is 13.2 Å². The topological polar surface area (TPSA) is 33.7 Å². The Balaban J connectivity index is 1.66. The van der Waals surface area contributed by atoms with Crippen LogP contribution in [-0.4, -0.2) is 26.3 Å². The van der Waals surface area contributed by atoms with Crippen LogP contribution >= 0.6 is 15.9 Å². The van der Waals surface area contributed by atoms with Gasteiger partial charge in [-0.15, -0.1) is 0 Å². The highest BCUT2D eigenvalue weighted by molar-refractivity contribution is 9.10. The molecule has 5 heteroatoms. The molecule has 0 aliphatic carbocycles. The Bertz CT molecular complexity index is 685. The number of fused-ring (bicyclic) bond motifs is 1. The predicted molar refractivity (Wildman–Crippen MR) is 102 cm³/mol. The van der Waals surface area contributed by atoms with Crippen molar-refractivity contribution in [3.63, 3.8) is 0 Å². The van der Waals surface area contributed by atoms with Crippen LogP contribution in [0.5, 0.6) is 11.5 Å². The second kappa shape index (κ2) is 7.79. The van der Waals surface area contributed by atoms with E-state index in [1.165, 1.54) is 11.3 Å². The van der Waals surface area contributed by atoms with E-state index in [0.717, 1.165) is 41.3 Å². The van der Waals surface area contributed by atoms with Crippen LogP contribution < -0.4 is 19.7 Å². The SMILES string of the molecule is CCN(CC)c1ccc(CNc2cc(Br)c3c(c2)OCCO3)cc1. The molecular formula is C19H23BrN2O2. The first-order valence-corrected chi connectivity index (χ1v) is 9.17. The molecule has 2 aromatic carbocycles. The Hall–Kier alpha value is -1.88. The van der Waals surface area contributed by atoms with E-state index in [1.54, 1.807) is 0 Å². The first-order chi connectivity index (χ1) is 11.7. The maximum absolute atomic E-state index is 5.66. The van der Waals surface area contributed by atoms with Crippen LogP contribution in [0.15, 0.2) is 40.9 Å². The number of ether oxygens (including phenoxy) is 2. The molecule has 128 valence electrons. The molecule has 1 aliphatic heterocycles. The summed E-state index contributed by atoms with van der Waals surface area (Å²) in [5.74, 6) is 1.57. The summed E-state index contributed by atoms with van der Waals surface area (Å²) in [5, 5.41) is 3.45. The average Bonchev–Trinajstić information content (AvgIpc) is 2.62. The zero-order chi connectivity index (χ0) is 16.9. The molecule has 0 unspecified atom stereocenters. The lowest BCUT2D eigenvalue weighted by molar-refractivity contribution is 0.170. The van der Waals surface area contributed by atoms with Gasteiger partial charge in [-0.1, -0.05) is 12.1 Å². The molecule has 0 saturated carbocycles. The molecule has 1 heterocycles. The van der Waals surface area contributed by atoms with E-state index in [0.29, 0.717) is 13.2 Å². The Morgan fingerprint density at radius 1 is 1.04 bits per heavy atom. The Morgan fingerprint density at radius 2 is 1.75 bits per heavy atom. The molecule has 0 bridgehead atoms. The molecule has 0 aromatic heterocycles. The second-order valence-corrected chi connectivity index (χ2v) is 6.53. The third-order valence-electron chi connectivity index (χ3n) is 4.16. The number of benzene rings is 2. The van der Waals surface area contributed by atoms with Gasteiger partial charge in [-0.2, -0.15) is 0 Å². The largest absolute Gasteiger partial charge is 0.486 e. The van der Waals surface area contributed by atoms with Gasteiger partial charge in [0.25, 0.3) is 0 Å².